The molecule has 12 N–H and O–H groups in total. The summed E-state index contributed by atoms with van der Waals surface area (Å²) in [5.74, 6) is 18.6. The van der Waals surface area contributed by atoms with Gasteiger partial charge < -0.3 is 83.8 Å². The van der Waals surface area contributed by atoms with Gasteiger partial charge in [-0.25, -0.2) is 4.98 Å². The number of aromatic nitrogens is 6. The number of aliphatic hydroxyl groups is 12. The highest BCUT2D eigenvalue weighted by atomic mass is 16.5. The van der Waals surface area contributed by atoms with Gasteiger partial charge in [-0.1, -0.05) is 68.7 Å². The molecule has 6 aromatic rings. The molecule has 6 aromatic heterocycles. The number of fused-ring (bicyclic) bond motifs is 26. The first-order valence-corrected chi connectivity index (χ1v) is 60.8. The van der Waals surface area contributed by atoms with Crippen LogP contribution in [0.4, 0.5) is 0 Å². The van der Waals surface area contributed by atoms with Gasteiger partial charge in [0.2, 0.25) is 0 Å². The van der Waals surface area contributed by atoms with E-state index in [1.807, 2.05) is 46.8 Å². The van der Waals surface area contributed by atoms with Crippen LogP contribution in [0.2, 0.25) is 0 Å². The molecule has 20 saturated carbocycles. The van der Waals surface area contributed by atoms with E-state index in [1.54, 1.807) is 12.5 Å². The lowest BCUT2D eigenvalue weighted by atomic mass is 9.42. The Balaban J connectivity index is 0.000000109. The van der Waals surface area contributed by atoms with Crippen molar-refractivity contribution in [3.63, 3.8) is 0 Å². The molecule has 40 atom stereocenters. The highest BCUT2D eigenvalue weighted by molar-refractivity contribution is 5.41. The molecule has 0 aromatic carbocycles. The fourth-order valence-corrected chi connectivity index (χ4v) is 45.2. The van der Waals surface area contributed by atoms with Gasteiger partial charge in [-0.15, -0.1) is 0 Å². The third-order valence-electron chi connectivity index (χ3n) is 51.7. The first-order valence-electron chi connectivity index (χ1n) is 60.8. The van der Waals surface area contributed by atoms with Crippen LogP contribution in [0.3, 0.4) is 0 Å². The fourth-order valence-electron chi connectivity index (χ4n) is 45.2. The second-order valence-corrected chi connectivity index (χ2v) is 57.9. The molecular weight excluding hydrogens is 1870 g/mol. The van der Waals surface area contributed by atoms with Crippen molar-refractivity contribution in [1.82, 2.24) is 30.0 Å². The van der Waals surface area contributed by atoms with E-state index in [0.29, 0.717) is 130 Å². The van der Waals surface area contributed by atoms with Gasteiger partial charge in [0.1, 0.15) is 30.9 Å². The predicted molar refractivity (Wildman–Crippen MR) is 575 cm³/mol. The van der Waals surface area contributed by atoms with Gasteiger partial charge in [0, 0.05) is 99.3 Å². The maximum absolute atomic E-state index is 10.8. The second-order valence-electron chi connectivity index (χ2n) is 57.9. The van der Waals surface area contributed by atoms with E-state index < -0.39 is 28.0 Å². The van der Waals surface area contributed by atoms with E-state index in [-0.39, 0.29) is 71.8 Å². The van der Waals surface area contributed by atoms with E-state index in [2.05, 4.69) is 102 Å². The summed E-state index contributed by atoms with van der Waals surface area (Å²) >= 11 is 0. The highest BCUT2D eigenvalue weighted by Crippen LogP contribution is 2.78. The first-order chi connectivity index (χ1) is 70.8. The molecule has 20 fully saturated rings. The molecule has 0 spiro atoms. The monoisotopic (exact) mass is 2060 g/mol. The van der Waals surface area contributed by atoms with Crippen LogP contribution in [-0.4, -0.2) is 152 Å². The predicted octanol–water partition coefficient (Wildman–Crippen LogP) is 24.9. The maximum atomic E-state index is 10.8. The molecule has 22 heteroatoms. The van der Waals surface area contributed by atoms with Gasteiger partial charge in [0.05, 0.1) is 57.0 Å². The Labute approximate surface area is 891 Å². The van der Waals surface area contributed by atoms with E-state index >= 15 is 0 Å². The Hall–Kier alpha value is -4.95. The molecule has 149 heavy (non-hydrogen) atoms. The van der Waals surface area contributed by atoms with Crippen molar-refractivity contribution in [2.45, 2.75) is 469 Å². The van der Waals surface area contributed by atoms with Crippen molar-refractivity contribution < 1.29 is 79.4 Å². The van der Waals surface area contributed by atoms with Gasteiger partial charge >= 0.3 is 0 Å². The van der Waals surface area contributed by atoms with Crippen LogP contribution in [0.15, 0.2) is 85.4 Å². The minimum atomic E-state index is -0.532. The molecule has 26 rings (SSSR count). The van der Waals surface area contributed by atoms with Crippen molar-refractivity contribution in [3.05, 3.63) is 107 Å². The van der Waals surface area contributed by atoms with E-state index in [4.69, 9.17) is 23.1 Å². The number of pyridine rings is 1. The smallest absolute Gasteiger partial charge is 0.162 e. The quantitative estimate of drug-likeness (QED) is 0.0403. The average Bonchev–Trinajstić information content (AvgIpc) is 1.75. The largest absolute Gasteiger partial charge is 0.396 e. The molecule has 0 saturated heterocycles. The van der Waals surface area contributed by atoms with Crippen LogP contribution in [0, 0.1) is 173 Å². The van der Waals surface area contributed by atoms with Crippen LogP contribution >= 0.6 is 0 Å². The number of nitrogens with zero attached hydrogens (tertiary/aromatic N) is 6. The summed E-state index contributed by atoms with van der Waals surface area (Å²) in [6.45, 7) is 24.0. The molecule has 0 radical (unpaired) electrons. The summed E-state index contributed by atoms with van der Waals surface area (Å²) in [7, 11) is 0. The number of aliphatic hydroxyl groups excluding tert-OH is 7. The summed E-state index contributed by atoms with van der Waals surface area (Å²) in [6, 6.07) is 14.4. The van der Waals surface area contributed by atoms with Gasteiger partial charge in [0.25, 0.3) is 0 Å². The van der Waals surface area contributed by atoms with E-state index in [0.717, 1.165) is 235 Å². The van der Waals surface area contributed by atoms with Gasteiger partial charge in [-0.3, -0.25) is 0 Å². The van der Waals surface area contributed by atoms with Gasteiger partial charge in [-0.2, -0.15) is 0 Å². The Morgan fingerprint density at radius 2 is 0.604 bits per heavy atom. The molecule has 22 nitrogen and oxygen atoms in total. The van der Waals surface area contributed by atoms with Gasteiger partial charge in [-0.05, 0) is 540 Å². The summed E-state index contributed by atoms with van der Waals surface area (Å²) in [4.78, 5) is 5.06. The standard InChI is InChI=1S/C28H40N2O2.2C25H39NO4.2C24H37NO3.CH4/c1-26(32)12-13-28(14-16-31)19(17-26)6-7-20-21-8-9-23(27(21,2)11-10-22(20)28)24-18-30-15-4-3-5-25(30)29-24;2*1-23(29)9-10-25(11-12-27)16(14-23)3-4-18-19-5-6-21(22-13-17(15-28)30-26-22)24(19,2)8-7-20(18)25;1-22(27)10-11-24(12-13-26)16(15-22)3-4-17-18-5-6-20(21-8-14-28-25-21)23(18,2)9-7-19(17)24;1-22(27)10-11-24(12-14-26)16(15-22)3-4-17-18-5-6-20(21-8-13-25-28-21)23(18,2)9-7-19(17)24;/h3-5,15,18-23,31-32H,6-14,16-17H2,1-2H3;2*13,16,18-21,27-29H,3-12,14-15H2,1-2H3;8,14,16-20,26-27H,3-7,9-13,15H2,1-2H3;8,13,16-20,26-27H,3-7,9-12,14-15H2,1-2H3;1H4/t19-,20?,21+,22+,23-,26-,27+,28-;16-,18?,19-,20-,21+,23+,24-,25+;16-,18+,19+,20+,21-,23-,24+,25-;2*16-,17?,18-,19-,20+,22+,23-,24+;/m10100./s1. The zero-order valence-electron chi connectivity index (χ0n) is 92.3. The lowest BCUT2D eigenvalue weighted by Gasteiger charge is -2.63. The Kier molecular flexibility index (Phi) is 30.4. The minimum absolute atomic E-state index is 0. The zero-order valence-corrected chi connectivity index (χ0v) is 92.3. The summed E-state index contributed by atoms with van der Waals surface area (Å²) in [5.41, 5.74) is 5.72. The van der Waals surface area contributed by atoms with Crippen LogP contribution in [0.1, 0.15) is 467 Å². The number of hydrogen-bond acceptors (Lipinski definition) is 21. The fraction of sp³-hybridized carbons (Fsp3) is 0.850. The summed E-state index contributed by atoms with van der Waals surface area (Å²) < 4.78 is 23.7. The average molecular weight is 2060 g/mol. The van der Waals surface area contributed by atoms with Crippen molar-refractivity contribution >= 4 is 5.65 Å². The topological polar surface area (TPSA) is 364 Å². The van der Waals surface area contributed by atoms with Crippen LogP contribution in [-0.2, 0) is 13.2 Å². The van der Waals surface area contributed by atoms with Gasteiger partial charge in [0.15, 0.2) is 11.5 Å². The first kappa shape index (κ1) is 110. The molecule has 0 aliphatic heterocycles. The molecule has 830 valence electrons. The second kappa shape index (κ2) is 41.4. The molecular formula is C127H196N6O16. The van der Waals surface area contributed by atoms with E-state index in [9.17, 15) is 61.3 Å². The Bertz CT molecular complexity index is 5190. The Morgan fingerprint density at radius 3 is 0.879 bits per heavy atom. The summed E-state index contributed by atoms with van der Waals surface area (Å²) in [5, 5.41) is 140. The van der Waals surface area contributed by atoms with Crippen molar-refractivity contribution in [3.8, 4) is 0 Å². The third kappa shape index (κ3) is 18.7. The normalized spacial score (nSPS) is 48.3. The van der Waals surface area contributed by atoms with Crippen molar-refractivity contribution in [2.24, 2.45) is 173 Å². The summed E-state index contributed by atoms with van der Waals surface area (Å²) in [6.07, 6.45) is 64.7. The zero-order chi connectivity index (χ0) is 104. The number of rotatable bonds is 17. The molecule has 0 amide bonds. The number of imidazole rings is 1. The minimum Gasteiger partial charge on any atom is -0.396 e. The lowest BCUT2D eigenvalue weighted by Crippen LogP contribution is -2.56. The molecule has 20 aliphatic carbocycles. The lowest BCUT2D eigenvalue weighted by molar-refractivity contribution is -0.158. The van der Waals surface area contributed by atoms with E-state index in [1.165, 1.54) is 185 Å². The van der Waals surface area contributed by atoms with Crippen LogP contribution in [0.5, 0.6) is 0 Å². The van der Waals surface area contributed by atoms with Crippen molar-refractivity contribution in [1.29, 1.82) is 0 Å². The van der Waals surface area contributed by atoms with Crippen LogP contribution < -0.4 is 0 Å². The van der Waals surface area contributed by atoms with Crippen molar-refractivity contribution in [2.75, 3.05) is 33.0 Å². The molecule has 4 unspecified atom stereocenters. The maximum Gasteiger partial charge on any atom is 0.162 e. The molecule has 20 aliphatic rings. The highest BCUT2D eigenvalue weighted by Gasteiger charge is 2.71. The SMILES string of the molecule is C.C[C@@]1(O)CC[C@@]2(CCO)[C@@H](CCC3[C@@H]4CC[C@H](c5cc(CO)on5)[C@@]4(C)CC[C@@H]32)C1.C[C@@]1(O)CC[C@@]2(CCO)[C@@H](CCC3[C@@H]4CC[C@H](c5ccno5)[C@@]4(C)CC[C@@H]32)C1.C[C@@]1(O)CC[C@@]2(CCO)[C@@H](CCC3[C@@H]4CC[C@H](c5ccon5)[C@@]4(C)CC[C@@H]32)C1.C[C@@]1(O)CC[C@@]2(CCO)[C@H](CCC3[C@@H]4CC[C@H](c5cn6ccccc6n5)[C@@]4(C)CC[C@@H]32)C1.C[C@@]1(O)CC[C@@]2(CCO)[C@H](CC[C@H]3[C@@H]4CC[C@H](c5cc(CO)on5)[C@@]4(C)CC[C@@H]32)C1. The Morgan fingerprint density at radius 1 is 0.302 bits per heavy atom. The van der Waals surface area contributed by atoms with Crippen LogP contribution in [0.25, 0.3) is 5.65 Å². The molecule has 0 bridgehead atoms. The third-order valence-corrected chi connectivity index (χ3v) is 51.7. The molecule has 6 heterocycles. The number of hydrogen-bond donors (Lipinski definition) is 12.